The van der Waals surface area contributed by atoms with Crippen molar-refractivity contribution in [3.63, 3.8) is 0 Å². The van der Waals surface area contributed by atoms with Crippen molar-refractivity contribution in [2.24, 2.45) is 5.73 Å². The minimum atomic E-state index is -0.525. The third-order valence-corrected chi connectivity index (χ3v) is 2.61. The molecule has 2 aromatic rings. The van der Waals surface area contributed by atoms with Gasteiger partial charge in [0.2, 0.25) is 5.91 Å². The number of ether oxygens (including phenoxy) is 1. The van der Waals surface area contributed by atoms with Crippen LogP contribution < -0.4 is 11.1 Å². The Bertz CT molecular complexity index is 592. The molecule has 0 atom stereocenters. The van der Waals surface area contributed by atoms with Crippen LogP contribution in [0.5, 0.6) is 0 Å². The molecule has 2 amide bonds. The fourth-order valence-electron chi connectivity index (χ4n) is 1.78. The van der Waals surface area contributed by atoms with Crippen LogP contribution in [0.15, 0.2) is 30.5 Å². The zero-order valence-electron chi connectivity index (χ0n) is 10.3. The number of nitrogens with one attached hydrogen (secondary N) is 2. The van der Waals surface area contributed by atoms with Gasteiger partial charge in [0.15, 0.2) is 0 Å². The minimum absolute atomic E-state index is 0.137. The fourth-order valence-corrected chi connectivity index (χ4v) is 1.78. The number of carbonyl (C=O) groups excluding carboxylic acids is 2. The maximum atomic E-state index is 12.0. The Balaban J connectivity index is 1.90. The van der Waals surface area contributed by atoms with Crippen molar-refractivity contribution in [3.05, 3.63) is 36.0 Å². The number of aromatic nitrogens is 1. The monoisotopic (exact) mass is 261 g/mol. The van der Waals surface area contributed by atoms with Crippen LogP contribution in [0.1, 0.15) is 10.4 Å². The average Bonchev–Trinajstić information content (AvgIpc) is 2.85. The second-order valence-corrected chi connectivity index (χ2v) is 4.02. The average molecular weight is 261 g/mol. The van der Waals surface area contributed by atoms with Crippen LogP contribution in [0.2, 0.25) is 0 Å². The molecule has 6 nitrogen and oxygen atoms in total. The predicted octanol–water partition coefficient (Wildman–Crippen LogP) is 0.400. The Morgan fingerprint density at radius 2 is 2.16 bits per heavy atom. The molecular weight excluding hydrogens is 246 g/mol. The lowest BCUT2D eigenvalue weighted by atomic mass is 10.1. The molecule has 0 unspecified atom stereocenters. The van der Waals surface area contributed by atoms with Gasteiger partial charge in [0.25, 0.3) is 5.91 Å². The molecule has 0 spiro atoms. The summed E-state index contributed by atoms with van der Waals surface area (Å²) in [5, 5.41) is 3.70. The van der Waals surface area contributed by atoms with Gasteiger partial charge >= 0.3 is 0 Å². The number of benzene rings is 1. The fraction of sp³-hybridized carbons (Fsp3) is 0.231. The highest BCUT2D eigenvalue weighted by Gasteiger charge is 2.09. The molecule has 1 heterocycles. The molecule has 1 aromatic carbocycles. The molecule has 19 heavy (non-hydrogen) atoms. The first-order chi connectivity index (χ1) is 9.18. The summed E-state index contributed by atoms with van der Waals surface area (Å²) in [7, 11) is 0. The number of H-pyrrole nitrogens is 1. The van der Waals surface area contributed by atoms with E-state index in [4.69, 9.17) is 10.5 Å². The van der Waals surface area contributed by atoms with Gasteiger partial charge in [-0.1, -0.05) is 12.1 Å². The van der Waals surface area contributed by atoms with E-state index in [1.807, 2.05) is 18.2 Å². The molecule has 4 N–H and O–H groups in total. The van der Waals surface area contributed by atoms with Crippen molar-refractivity contribution < 1.29 is 14.3 Å². The van der Waals surface area contributed by atoms with Crippen LogP contribution >= 0.6 is 0 Å². The third-order valence-electron chi connectivity index (χ3n) is 2.61. The summed E-state index contributed by atoms with van der Waals surface area (Å²) in [5.74, 6) is -0.710. The molecule has 0 aliphatic heterocycles. The molecule has 0 saturated carbocycles. The van der Waals surface area contributed by atoms with E-state index in [9.17, 15) is 9.59 Å². The third kappa shape index (κ3) is 3.32. The van der Waals surface area contributed by atoms with Crippen LogP contribution in [0.25, 0.3) is 10.9 Å². The van der Waals surface area contributed by atoms with Gasteiger partial charge < -0.3 is 20.8 Å². The maximum Gasteiger partial charge on any atom is 0.253 e. The first-order valence-corrected chi connectivity index (χ1v) is 5.89. The molecule has 0 aliphatic rings. The van der Waals surface area contributed by atoms with Crippen molar-refractivity contribution >= 4 is 22.7 Å². The summed E-state index contributed by atoms with van der Waals surface area (Å²) in [6, 6.07) is 7.41. The van der Waals surface area contributed by atoms with Gasteiger partial charge in [-0.2, -0.15) is 0 Å². The highest BCUT2D eigenvalue weighted by atomic mass is 16.5. The van der Waals surface area contributed by atoms with Crippen molar-refractivity contribution in [2.75, 3.05) is 19.8 Å². The van der Waals surface area contributed by atoms with Crippen molar-refractivity contribution in [1.82, 2.24) is 10.3 Å². The number of fused-ring (bicyclic) bond motifs is 1. The summed E-state index contributed by atoms with van der Waals surface area (Å²) in [4.78, 5) is 25.4. The lowest BCUT2D eigenvalue weighted by Crippen LogP contribution is -2.29. The summed E-state index contributed by atoms with van der Waals surface area (Å²) >= 11 is 0. The molecule has 100 valence electrons. The predicted molar refractivity (Wildman–Crippen MR) is 70.6 cm³/mol. The van der Waals surface area contributed by atoms with Crippen LogP contribution in [0.4, 0.5) is 0 Å². The number of hydrogen-bond acceptors (Lipinski definition) is 3. The maximum absolute atomic E-state index is 12.0. The smallest absolute Gasteiger partial charge is 0.253 e. The minimum Gasteiger partial charge on any atom is -0.370 e. The van der Waals surface area contributed by atoms with Gasteiger partial charge in [-0.15, -0.1) is 0 Å². The quantitative estimate of drug-likeness (QED) is 0.656. The first kappa shape index (κ1) is 13.1. The zero-order chi connectivity index (χ0) is 13.7. The van der Waals surface area contributed by atoms with E-state index in [2.05, 4.69) is 10.3 Å². The Hall–Kier alpha value is -2.34. The van der Waals surface area contributed by atoms with E-state index in [0.29, 0.717) is 12.1 Å². The van der Waals surface area contributed by atoms with Gasteiger partial charge in [-0.05, 0) is 12.1 Å². The van der Waals surface area contributed by atoms with Gasteiger partial charge in [0.1, 0.15) is 6.61 Å². The largest absolute Gasteiger partial charge is 0.370 e. The number of para-hydroxylation sites is 1. The summed E-state index contributed by atoms with van der Waals surface area (Å²) in [5.41, 5.74) is 6.31. The Morgan fingerprint density at radius 1 is 1.32 bits per heavy atom. The van der Waals surface area contributed by atoms with E-state index >= 15 is 0 Å². The molecule has 0 aliphatic carbocycles. The summed E-state index contributed by atoms with van der Waals surface area (Å²) in [6.07, 6.45) is 1.79. The zero-order valence-corrected chi connectivity index (χ0v) is 10.3. The van der Waals surface area contributed by atoms with E-state index in [1.165, 1.54) is 0 Å². The van der Waals surface area contributed by atoms with Crippen LogP contribution in [0.3, 0.4) is 0 Å². The molecule has 2 rings (SSSR count). The van der Waals surface area contributed by atoms with Crippen LogP contribution in [-0.2, 0) is 9.53 Å². The lowest BCUT2D eigenvalue weighted by Gasteiger charge is -2.06. The van der Waals surface area contributed by atoms with Crippen molar-refractivity contribution in [1.29, 1.82) is 0 Å². The number of primary amides is 1. The van der Waals surface area contributed by atoms with E-state index in [0.717, 1.165) is 10.9 Å². The Labute approximate surface area is 109 Å². The SMILES string of the molecule is NC(=O)COCCNC(=O)c1cccc2cc[nH]c12. The van der Waals surface area contributed by atoms with Crippen LogP contribution in [0, 0.1) is 0 Å². The number of aromatic amines is 1. The molecule has 0 fully saturated rings. The number of amides is 2. The Morgan fingerprint density at radius 3 is 2.95 bits per heavy atom. The first-order valence-electron chi connectivity index (χ1n) is 5.89. The lowest BCUT2D eigenvalue weighted by molar-refractivity contribution is -0.122. The van der Waals surface area contributed by atoms with Gasteiger partial charge in [-0.3, -0.25) is 9.59 Å². The second-order valence-electron chi connectivity index (χ2n) is 4.02. The standard InChI is InChI=1S/C13H15N3O3/c14-11(17)8-19-7-6-16-13(18)10-3-1-2-9-4-5-15-12(9)10/h1-5,15H,6-8H2,(H2,14,17)(H,16,18). The summed E-state index contributed by atoms with van der Waals surface area (Å²) in [6.45, 7) is 0.431. The molecule has 0 saturated heterocycles. The van der Waals surface area contributed by atoms with Gasteiger partial charge in [-0.25, -0.2) is 0 Å². The normalized spacial score (nSPS) is 10.5. The molecule has 0 radical (unpaired) electrons. The number of rotatable bonds is 6. The van der Waals surface area contributed by atoms with Gasteiger partial charge in [0, 0.05) is 18.1 Å². The highest BCUT2D eigenvalue weighted by Crippen LogP contribution is 2.16. The topological polar surface area (TPSA) is 97.2 Å². The van der Waals surface area contributed by atoms with E-state index in [1.54, 1.807) is 12.3 Å². The number of nitrogens with two attached hydrogens (primary N) is 1. The van der Waals surface area contributed by atoms with Crippen molar-refractivity contribution in [3.8, 4) is 0 Å². The Kier molecular flexibility index (Phi) is 4.15. The molecular formula is C13H15N3O3. The second kappa shape index (κ2) is 6.01. The van der Waals surface area contributed by atoms with Gasteiger partial charge in [0.05, 0.1) is 17.7 Å². The summed E-state index contributed by atoms with van der Waals surface area (Å²) < 4.78 is 4.96. The number of carbonyl (C=O) groups is 2. The van der Waals surface area contributed by atoms with E-state index in [-0.39, 0.29) is 19.1 Å². The number of hydrogen-bond donors (Lipinski definition) is 3. The molecule has 6 heteroatoms. The molecule has 1 aromatic heterocycles. The van der Waals surface area contributed by atoms with E-state index < -0.39 is 5.91 Å². The highest BCUT2D eigenvalue weighted by molar-refractivity contribution is 6.05. The van der Waals surface area contributed by atoms with Crippen molar-refractivity contribution in [2.45, 2.75) is 0 Å². The van der Waals surface area contributed by atoms with Crippen LogP contribution in [-0.4, -0.2) is 36.6 Å². The molecule has 0 bridgehead atoms.